The fourth-order valence-electron chi connectivity index (χ4n) is 3.95. The predicted molar refractivity (Wildman–Crippen MR) is 118 cm³/mol. The van der Waals surface area contributed by atoms with E-state index in [1.165, 1.54) is 27.8 Å². The molecule has 1 aromatic heterocycles. The van der Waals surface area contributed by atoms with Gasteiger partial charge in [0, 0.05) is 22.3 Å². The Hall–Kier alpha value is -1.82. The van der Waals surface area contributed by atoms with E-state index in [-0.39, 0.29) is 18.7 Å². The summed E-state index contributed by atoms with van der Waals surface area (Å²) in [6, 6.07) is 17.1. The number of fused-ring (bicyclic) bond motifs is 3. The first kappa shape index (κ1) is 18.5. The molecule has 0 radical (unpaired) electrons. The molecule has 0 saturated carbocycles. The smallest absolute Gasteiger partial charge is 0.137 e. The summed E-state index contributed by atoms with van der Waals surface area (Å²) in [6.45, 7) is 4.38. The van der Waals surface area contributed by atoms with Crippen LogP contribution in [0.25, 0.3) is 10.9 Å². The Balaban J connectivity index is 1.57. The molecule has 2 heterocycles. The van der Waals surface area contributed by atoms with Crippen LogP contribution in [0, 0.1) is 6.92 Å². The number of H-pyrrole nitrogens is 1. The van der Waals surface area contributed by atoms with Gasteiger partial charge in [-0.05, 0) is 37.5 Å². The molecule has 2 N–H and O–H groups in total. The fourth-order valence-corrected chi connectivity index (χ4v) is 5.37. The van der Waals surface area contributed by atoms with Crippen molar-refractivity contribution in [2.45, 2.75) is 38.1 Å². The Labute approximate surface area is 169 Å². The first-order valence-electron chi connectivity index (χ1n) is 9.29. The van der Waals surface area contributed by atoms with Crippen LogP contribution in [0.1, 0.15) is 35.3 Å². The quantitative estimate of drug-likeness (QED) is 0.613. The second kappa shape index (κ2) is 7.66. The fraction of sp³-hybridized carbons (Fsp3) is 0.318. The summed E-state index contributed by atoms with van der Waals surface area (Å²) in [4.78, 5) is 5.80. The van der Waals surface area contributed by atoms with E-state index in [4.69, 9.17) is 12.2 Å². The lowest BCUT2D eigenvalue weighted by Crippen LogP contribution is -2.46. The van der Waals surface area contributed by atoms with Crippen LogP contribution >= 0.6 is 24.0 Å². The number of thioether (sulfide) groups is 1. The van der Waals surface area contributed by atoms with Crippen LogP contribution in [-0.4, -0.2) is 32.0 Å². The maximum absolute atomic E-state index is 10.1. The van der Waals surface area contributed by atoms with Crippen LogP contribution in [-0.2, 0) is 12.2 Å². The van der Waals surface area contributed by atoms with E-state index in [0.717, 1.165) is 22.0 Å². The van der Waals surface area contributed by atoms with E-state index >= 15 is 0 Å². The average Bonchev–Trinajstić information content (AvgIpc) is 3.06. The molecule has 0 aliphatic carbocycles. The lowest BCUT2D eigenvalue weighted by Gasteiger charge is -2.41. The van der Waals surface area contributed by atoms with Crippen molar-refractivity contribution in [2.24, 2.45) is 0 Å². The van der Waals surface area contributed by atoms with Crippen molar-refractivity contribution in [3.05, 3.63) is 70.9 Å². The average molecular weight is 397 g/mol. The second-order valence-electron chi connectivity index (χ2n) is 7.23. The van der Waals surface area contributed by atoms with Gasteiger partial charge < -0.3 is 15.0 Å². The standard InChI is InChI=1S/C22H24N2OS2/c1-14-7-9-16(10-8-14)13-27-22(26)24-15(2)21-19(11-17(24)12-25)18-5-3-4-6-20(18)23-21/h3-10,15,17,23,25H,11-13H2,1-2H3/t15-,17-/m0/s1. The van der Waals surface area contributed by atoms with Gasteiger partial charge in [-0.2, -0.15) is 0 Å². The summed E-state index contributed by atoms with van der Waals surface area (Å²) in [5, 5.41) is 11.3. The molecule has 0 fully saturated rings. The Kier molecular flexibility index (Phi) is 5.26. The number of hydrogen-bond acceptors (Lipinski definition) is 3. The zero-order valence-corrected chi connectivity index (χ0v) is 17.2. The van der Waals surface area contributed by atoms with Gasteiger partial charge in [-0.3, -0.25) is 0 Å². The van der Waals surface area contributed by atoms with Gasteiger partial charge in [-0.25, -0.2) is 0 Å². The number of aromatic nitrogens is 1. The zero-order valence-electron chi connectivity index (χ0n) is 15.6. The molecular weight excluding hydrogens is 372 g/mol. The topological polar surface area (TPSA) is 39.3 Å². The highest BCUT2D eigenvalue weighted by Crippen LogP contribution is 2.38. The van der Waals surface area contributed by atoms with Gasteiger partial charge in [0.15, 0.2) is 0 Å². The minimum atomic E-state index is 0.0183. The number of aromatic amines is 1. The van der Waals surface area contributed by atoms with E-state index in [9.17, 15) is 5.11 Å². The van der Waals surface area contributed by atoms with Gasteiger partial charge in [0.25, 0.3) is 0 Å². The lowest BCUT2D eigenvalue weighted by molar-refractivity contribution is 0.146. The molecule has 1 aliphatic rings. The number of aliphatic hydroxyl groups excluding tert-OH is 1. The maximum Gasteiger partial charge on any atom is 0.137 e. The molecule has 0 saturated heterocycles. The van der Waals surface area contributed by atoms with Crippen molar-refractivity contribution in [1.82, 2.24) is 9.88 Å². The van der Waals surface area contributed by atoms with Crippen LogP contribution < -0.4 is 0 Å². The van der Waals surface area contributed by atoms with Gasteiger partial charge in [0.1, 0.15) is 4.32 Å². The van der Waals surface area contributed by atoms with Gasteiger partial charge in [0.05, 0.1) is 18.7 Å². The zero-order chi connectivity index (χ0) is 19.0. The monoisotopic (exact) mass is 396 g/mol. The normalized spacial score (nSPS) is 19.3. The number of para-hydroxylation sites is 1. The summed E-state index contributed by atoms with van der Waals surface area (Å²) < 4.78 is 0.853. The van der Waals surface area contributed by atoms with E-state index < -0.39 is 0 Å². The van der Waals surface area contributed by atoms with E-state index in [1.807, 2.05) is 0 Å². The third-order valence-electron chi connectivity index (χ3n) is 5.42. The Morgan fingerprint density at radius 1 is 1.22 bits per heavy atom. The molecule has 0 amide bonds. The Morgan fingerprint density at radius 3 is 2.70 bits per heavy atom. The van der Waals surface area contributed by atoms with E-state index in [2.05, 4.69) is 72.3 Å². The lowest BCUT2D eigenvalue weighted by atomic mass is 9.93. The van der Waals surface area contributed by atoms with Crippen LogP contribution in [0.4, 0.5) is 0 Å². The summed E-state index contributed by atoms with van der Waals surface area (Å²) in [7, 11) is 0. The second-order valence-corrected chi connectivity index (χ2v) is 8.84. The molecule has 2 atom stereocenters. The molecule has 4 rings (SSSR count). The van der Waals surface area contributed by atoms with E-state index in [1.54, 1.807) is 11.8 Å². The van der Waals surface area contributed by atoms with Crippen LogP contribution in [0.3, 0.4) is 0 Å². The molecule has 2 aromatic carbocycles. The van der Waals surface area contributed by atoms with Gasteiger partial charge in [0.2, 0.25) is 0 Å². The van der Waals surface area contributed by atoms with Crippen molar-refractivity contribution in [1.29, 1.82) is 0 Å². The number of aryl methyl sites for hydroxylation is 1. The number of hydrogen-bond donors (Lipinski definition) is 2. The molecule has 5 heteroatoms. The number of nitrogens with zero attached hydrogens (tertiary/aromatic N) is 1. The number of nitrogens with one attached hydrogen (secondary N) is 1. The molecule has 0 unspecified atom stereocenters. The molecule has 3 nitrogen and oxygen atoms in total. The number of benzene rings is 2. The van der Waals surface area contributed by atoms with E-state index in [0.29, 0.717) is 0 Å². The number of rotatable bonds is 3. The molecule has 140 valence electrons. The molecule has 0 spiro atoms. The van der Waals surface area contributed by atoms with Crippen molar-refractivity contribution in [3.63, 3.8) is 0 Å². The van der Waals surface area contributed by atoms with Crippen molar-refractivity contribution < 1.29 is 5.11 Å². The minimum absolute atomic E-state index is 0.0183. The van der Waals surface area contributed by atoms with Crippen molar-refractivity contribution in [2.75, 3.05) is 6.61 Å². The highest BCUT2D eigenvalue weighted by Gasteiger charge is 2.35. The number of aliphatic hydroxyl groups is 1. The Morgan fingerprint density at radius 2 is 1.96 bits per heavy atom. The van der Waals surface area contributed by atoms with Crippen molar-refractivity contribution >= 4 is 39.2 Å². The van der Waals surface area contributed by atoms with Crippen LogP contribution in [0.2, 0.25) is 0 Å². The third kappa shape index (κ3) is 3.51. The third-order valence-corrected chi connectivity index (χ3v) is 6.92. The SMILES string of the molecule is Cc1ccc(CSC(=S)N2[C@H](CO)Cc3c([nH]c4ccccc34)[C@@H]2C)cc1. The van der Waals surface area contributed by atoms with Crippen LogP contribution in [0.5, 0.6) is 0 Å². The molecule has 27 heavy (non-hydrogen) atoms. The summed E-state index contributed by atoms with van der Waals surface area (Å²) in [5.41, 5.74) is 6.23. The first-order valence-corrected chi connectivity index (χ1v) is 10.7. The molecule has 1 aliphatic heterocycles. The summed E-state index contributed by atoms with van der Waals surface area (Å²) >= 11 is 7.47. The first-order chi connectivity index (χ1) is 13.1. The largest absolute Gasteiger partial charge is 0.394 e. The molecule has 0 bridgehead atoms. The summed E-state index contributed by atoms with van der Waals surface area (Å²) in [6.07, 6.45) is 0.811. The Bertz CT molecular complexity index is 964. The predicted octanol–water partition coefficient (Wildman–Crippen LogP) is 4.97. The molecular formula is C22H24N2OS2. The van der Waals surface area contributed by atoms with Gasteiger partial charge >= 0.3 is 0 Å². The highest BCUT2D eigenvalue weighted by molar-refractivity contribution is 8.22. The highest BCUT2D eigenvalue weighted by atomic mass is 32.2. The maximum atomic E-state index is 10.1. The minimum Gasteiger partial charge on any atom is -0.394 e. The van der Waals surface area contributed by atoms with Gasteiger partial charge in [-0.15, -0.1) is 0 Å². The molecule has 3 aromatic rings. The van der Waals surface area contributed by atoms with Gasteiger partial charge in [-0.1, -0.05) is 72.0 Å². The van der Waals surface area contributed by atoms with Crippen molar-refractivity contribution in [3.8, 4) is 0 Å². The summed E-state index contributed by atoms with van der Waals surface area (Å²) in [5.74, 6) is 0.847. The van der Waals surface area contributed by atoms with Crippen LogP contribution in [0.15, 0.2) is 48.5 Å². The number of thiocarbonyl (C=S) groups is 1.